The summed E-state index contributed by atoms with van der Waals surface area (Å²) in [7, 11) is 3.40. The van der Waals surface area contributed by atoms with Crippen molar-refractivity contribution < 1.29 is 9.47 Å². The van der Waals surface area contributed by atoms with Gasteiger partial charge < -0.3 is 20.1 Å². The molecule has 19 heavy (non-hydrogen) atoms. The molecule has 0 fully saturated rings. The van der Waals surface area contributed by atoms with Crippen LogP contribution in [0, 0.1) is 0 Å². The third kappa shape index (κ3) is 6.92. The third-order valence-corrected chi connectivity index (χ3v) is 3.53. The van der Waals surface area contributed by atoms with Gasteiger partial charge in [0.15, 0.2) is 0 Å². The fourth-order valence-corrected chi connectivity index (χ4v) is 2.06. The molecule has 0 aliphatic carbocycles. The molecule has 5 heteroatoms. The number of hydrogen-bond donors (Lipinski definition) is 2. The Morgan fingerprint density at radius 3 is 2.63 bits per heavy atom. The van der Waals surface area contributed by atoms with Gasteiger partial charge in [-0.05, 0) is 43.3 Å². The van der Waals surface area contributed by atoms with Crippen molar-refractivity contribution in [1.82, 2.24) is 10.6 Å². The van der Waals surface area contributed by atoms with Gasteiger partial charge in [0.05, 0.1) is 13.7 Å². The summed E-state index contributed by atoms with van der Waals surface area (Å²) in [5.41, 5.74) is 1.21. The molecule has 0 heterocycles. The summed E-state index contributed by atoms with van der Waals surface area (Å²) < 4.78 is 11.3. The molecule has 0 aromatic heterocycles. The van der Waals surface area contributed by atoms with E-state index in [0.717, 1.165) is 49.4 Å². The van der Waals surface area contributed by atoms with Crippen LogP contribution in [-0.4, -0.2) is 40.5 Å². The highest BCUT2D eigenvalue weighted by Gasteiger charge is 2.01. The Labute approximate surface area is 124 Å². The van der Waals surface area contributed by atoms with Crippen molar-refractivity contribution in [3.05, 3.63) is 28.2 Å². The number of nitrogens with one attached hydrogen (secondary N) is 2. The molecule has 0 aliphatic heterocycles. The highest BCUT2D eigenvalue weighted by Crippen LogP contribution is 2.22. The van der Waals surface area contributed by atoms with Crippen LogP contribution in [0.5, 0.6) is 5.75 Å². The van der Waals surface area contributed by atoms with Crippen LogP contribution in [0.2, 0.25) is 0 Å². The molecule has 0 atom stereocenters. The first-order valence-corrected chi connectivity index (χ1v) is 7.30. The van der Waals surface area contributed by atoms with Crippen LogP contribution in [0.25, 0.3) is 0 Å². The first-order chi connectivity index (χ1) is 9.27. The number of methoxy groups -OCH3 is 2. The second-order valence-electron chi connectivity index (χ2n) is 4.23. The van der Waals surface area contributed by atoms with Crippen LogP contribution < -0.4 is 15.4 Å². The monoisotopic (exact) mass is 330 g/mol. The maximum Gasteiger partial charge on any atom is 0.119 e. The van der Waals surface area contributed by atoms with Gasteiger partial charge in [0.2, 0.25) is 0 Å². The molecule has 2 N–H and O–H groups in total. The van der Waals surface area contributed by atoms with Crippen LogP contribution in [0.1, 0.15) is 12.0 Å². The largest absolute Gasteiger partial charge is 0.497 e. The zero-order chi connectivity index (χ0) is 13.9. The molecule has 1 aromatic rings. The van der Waals surface area contributed by atoms with Crippen molar-refractivity contribution in [3.63, 3.8) is 0 Å². The summed E-state index contributed by atoms with van der Waals surface area (Å²) in [5, 5.41) is 6.75. The fraction of sp³-hybridized carbons (Fsp3) is 0.571. The molecular weight excluding hydrogens is 308 g/mol. The third-order valence-electron chi connectivity index (χ3n) is 2.76. The molecule has 0 aliphatic rings. The molecule has 0 saturated carbocycles. The van der Waals surface area contributed by atoms with Crippen LogP contribution >= 0.6 is 15.9 Å². The SMILES string of the molecule is COCCNCCCNCc1cc(OC)ccc1Br. The number of hydrogen-bond acceptors (Lipinski definition) is 4. The van der Waals surface area contributed by atoms with E-state index >= 15 is 0 Å². The molecule has 0 spiro atoms. The summed E-state index contributed by atoms with van der Waals surface area (Å²) in [5.74, 6) is 0.890. The van der Waals surface area contributed by atoms with Gasteiger partial charge in [-0.1, -0.05) is 15.9 Å². The van der Waals surface area contributed by atoms with Gasteiger partial charge >= 0.3 is 0 Å². The van der Waals surface area contributed by atoms with Crippen LogP contribution in [0.4, 0.5) is 0 Å². The van der Waals surface area contributed by atoms with Gasteiger partial charge in [0.1, 0.15) is 5.75 Å². The van der Waals surface area contributed by atoms with E-state index in [-0.39, 0.29) is 0 Å². The lowest BCUT2D eigenvalue weighted by atomic mass is 10.2. The highest BCUT2D eigenvalue weighted by molar-refractivity contribution is 9.10. The maximum absolute atomic E-state index is 5.22. The first kappa shape index (κ1) is 16.4. The van der Waals surface area contributed by atoms with Gasteiger partial charge in [0, 0.05) is 24.7 Å². The Bertz CT molecular complexity index is 361. The number of halogens is 1. The Morgan fingerprint density at radius 1 is 1.11 bits per heavy atom. The quantitative estimate of drug-likeness (QED) is 0.645. The van der Waals surface area contributed by atoms with E-state index in [1.807, 2.05) is 18.2 Å². The zero-order valence-electron chi connectivity index (χ0n) is 11.7. The first-order valence-electron chi connectivity index (χ1n) is 6.50. The molecule has 0 unspecified atom stereocenters. The van der Waals surface area contributed by atoms with E-state index in [0.29, 0.717) is 0 Å². The lowest BCUT2D eigenvalue weighted by Crippen LogP contribution is -2.24. The van der Waals surface area contributed by atoms with E-state index in [9.17, 15) is 0 Å². The number of rotatable bonds is 10. The summed E-state index contributed by atoms with van der Waals surface area (Å²) in [6.07, 6.45) is 1.10. The predicted molar refractivity (Wildman–Crippen MR) is 81.8 cm³/mol. The summed E-state index contributed by atoms with van der Waals surface area (Å²) in [6, 6.07) is 6.02. The Kier molecular flexibility index (Phi) is 8.82. The van der Waals surface area contributed by atoms with Gasteiger partial charge in [-0.25, -0.2) is 0 Å². The minimum Gasteiger partial charge on any atom is -0.497 e. The lowest BCUT2D eigenvalue weighted by molar-refractivity contribution is 0.199. The predicted octanol–water partition coefficient (Wildman–Crippen LogP) is 2.17. The summed E-state index contributed by atoms with van der Waals surface area (Å²) in [4.78, 5) is 0. The maximum atomic E-state index is 5.22. The highest BCUT2D eigenvalue weighted by atomic mass is 79.9. The van der Waals surface area contributed by atoms with Gasteiger partial charge in [0.25, 0.3) is 0 Å². The Balaban J connectivity index is 2.15. The van der Waals surface area contributed by atoms with Crippen molar-refractivity contribution in [3.8, 4) is 5.75 Å². The molecule has 0 saturated heterocycles. The molecule has 4 nitrogen and oxygen atoms in total. The second kappa shape index (κ2) is 10.2. The molecule has 0 amide bonds. The molecule has 0 bridgehead atoms. The van der Waals surface area contributed by atoms with E-state index in [1.54, 1.807) is 14.2 Å². The number of benzene rings is 1. The zero-order valence-corrected chi connectivity index (χ0v) is 13.3. The number of ether oxygens (including phenoxy) is 2. The van der Waals surface area contributed by atoms with Gasteiger partial charge in [-0.3, -0.25) is 0 Å². The van der Waals surface area contributed by atoms with E-state index < -0.39 is 0 Å². The average Bonchev–Trinajstić information content (AvgIpc) is 2.43. The summed E-state index contributed by atoms with van der Waals surface area (Å²) in [6.45, 7) is 4.53. The molecule has 1 rings (SSSR count). The molecule has 0 radical (unpaired) electrons. The van der Waals surface area contributed by atoms with Crippen molar-refractivity contribution in [2.45, 2.75) is 13.0 Å². The Morgan fingerprint density at radius 2 is 1.89 bits per heavy atom. The van der Waals surface area contributed by atoms with Crippen LogP contribution in [0.3, 0.4) is 0 Å². The fourth-order valence-electron chi connectivity index (χ4n) is 1.67. The normalized spacial score (nSPS) is 10.7. The van der Waals surface area contributed by atoms with Crippen molar-refractivity contribution in [2.24, 2.45) is 0 Å². The van der Waals surface area contributed by atoms with Gasteiger partial charge in [-0.2, -0.15) is 0 Å². The topological polar surface area (TPSA) is 42.5 Å². The average molecular weight is 331 g/mol. The van der Waals surface area contributed by atoms with Crippen molar-refractivity contribution >= 4 is 15.9 Å². The molecule has 1 aromatic carbocycles. The van der Waals surface area contributed by atoms with E-state index in [4.69, 9.17) is 9.47 Å². The van der Waals surface area contributed by atoms with E-state index in [2.05, 4.69) is 26.6 Å². The standard InChI is InChI=1S/C14H23BrN2O2/c1-18-9-8-16-6-3-7-17-11-12-10-13(19-2)4-5-14(12)15/h4-5,10,16-17H,3,6-9,11H2,1-2H3. The Hall–Kier alpha value is -0.620. The van der Waals surface area contributed by atoms with Crippen LogP contribution in [0.15, 0.2) is 22.7 Å². The van der Waals surface area contributed by atoms with Crippen LogP contribution in [-0.2, 0) is 11.3 Å². The van der Waals surface area contributed by atoms with E-state index in [1.165, 1.54) is 5.56 Å². The molecular formula is C14H23BrN2O2. The van der Waals surface area contributed by atoms with Crippen molar-refractivity contribution in [2.75, 3.05) is 40.5 Å². The second-order valence-corrected chi connectivity index (χ2v) is 5.08. The van der Waals surface area contributed by atoms with Crippen molar-refractivity contribution in [1.29, 1.82) is 0 Å². The summed E-state index contributed by atoms with van der Waals surface area (Å²) >= 11 is 3.55. The van der Waals surface area contributed by atoms with Gasteiger partial charge in [-0.15, -0.1) is 0 Å². The molecule has 108 valence electrons. The smallest absolute Gasteiger partial charge is 0.119 e. The minimum absolute atomic E-state index is 0.768. The lowest BCUT2D eigenvalue weighted by Gasteiger charge is -2.09. The minimum atomic E-state index is 0.768.